The van der Waals surface area contributed by atoms with Crippen molar-refractivity contribution < 1.29 is 8.42 Å². The van der Waals surface area contributed by atoms with Crippen LogP contribution >= 0.6 is 0 Å². The van der Waals surface area contributed by atoms with Crippen molar-refractivity contribution >= 4 is 10.0 Å². The predicted molar refractivity (Wildman–Crippen MR) is 73.0 cm³/mol. The number of rotatable bonds is 5. The zero-order valence-corrected chi connectivity index (χ0v) is 12.3. The third kappa shape index (κ3) is 3.55. The van der Waals surface area contributed by atoms with Crippen molar-refractivity contribution in [3.63, 3.8) is 0 Å². The first-order valence-corrected chi connectivity index (χ1v) is 8.06. The normalized spacial score (nSPS) is 22.8. The molecular formula is C12H22N4O2S. The second-order valence-corrected chi connectivity index (χ2v) is 7.67. The molecule has 3 N–H and O–H groups in total. The van der Waals surface area contributed by atoms with Crippen molar-refractivity contribution in [2.45, 2.75) is 50.6 Å². The SMILES string of the molecule is CC1(C)CCC(NS(=O)(=O)c2cnn(CCN)c2)C1. The van der Waals surface area contributed by atoms with Gasteiger partial charge in [-0.2, -0.15) is 5.10 Å². The molecule has 0 spiro atoms. The van der Waals surface area contributed by atoms with Crippen LogP contribution in [-0.2, 0) is 16.6 Å². The highest BCUT2D eigenvalue weighted by Crippen LogP contribution is 2.37. The summed E-state index contributed by atoms with van der Waals surface area (Å²) in [5.74, 6) is 0. The predicted octanol–water partition coefficient (Wildman–Crippen LogP) is 0.699. The summed E-state index contributed by atoms with van der Waals surface area (Å²) < 4.78 is 28.8. The highest BCUT2D eigenvalue weighted by molar-refractivity contribution is 7.89. The Morgan fingerprint density at radius 1 is 1.58 bits per heavy atom. The summed E-state index contributed by atoms with van der Waals surface area (Å²) >= 11 is 0. The molecule has 0 saturated heterocycles. The maximum Gasteiger partial charge on any atom is 0.243 e. The monoisotopic (exact) mass is 286 g/mol. The van der Waals surface area contributed by atoms with E-state index in [0.29, 0.717) is 13.1 Å². The second-order valence-electron chi connectivity index (χ2n) is 5.95. The van der Waals surface area contributed by atoms with Crippen LogP contribution in [0.4, 0.5) is 0 Å². The van der Waals surface area contributed by atoms with Crippen molar-refractivity contribution in [1.29, 1.82) is 0 Å². The molecule has 1 unspecified atom stereocenters. The molecule has 1 fully saturated rings. The van der Waals surface area contributed by atoms with Crippen LogP contribution in [0.3, 0.4) is 0 Å². The lowest BCUT2D eigenvalue weighted by Gasteiger charge is -2.17. The van der Waals surface area contributed by atoms with E-state index in [1.807, 2.05) is 0 Å². The Kier molecular flexibility index (Phi) is 3.98. The van der Waals surface area contributed by atoms with Gasteiger partial charge >= 0.3 is 0 Å². The lowest BCUT2D eigenvalue weighted by atomic mass is 9.92. The van der Waals surface area contributed by atoms with Crippen LogP contribution < -0.4 is 10.5 Å². The summed E-state index contributed by atoms with van der Waals surface area (Å²) in [6.07, 6.45) is 5.71. The standard InChI is InChI=1S/C12H22N4O2S/c1-12(2)4-3-10(7-12)15-19(17,18)11-8-14-16(9-11)6-5-13/h8-10,15H,3-7,13H2,1-2H3. The van der Waals surface area contributed by atoms with Crippen molar-refractivity contribution in [1.82, 2.24) is 14.5 Å². The summed E-state index contributed by atoms with van der Waals surface area (Å²) in [6, 6.07) is 0.0258. The number of nitrogens with two attached hydrogens (primary N) is 1. The minimum atomic E-state index is -3.47. The number of nitrogens with zero attached hydrogens (tertiary/aromatic N) is 2. The second kappa shape index (κ2) is 5.22. The third-order valence-corrected chi connectivity index (χ3v) is 5.04. The van der Waals surface area contributed by atoms with E-state index in [1.54, 1.807) is 4.68 Å². The summed E-state index contributed by atoms with van der Waals surface area (Å²) in [6.45, 7) is 5.29. The average molecular weight is 286 g/mol. The fraction of sp³-hybridized carbons (Fsp3) is 0.750. The van der Waals surface area contributed by atoms with Crippen molar-refractivity contribution in [3.8, 4) is 0 Å². The van der Waals surface area contributed by atoms with Crippen molar-refractivity contribution in [2.75, 3.05) is 6.54 Å². The Hall–Kier alpha value is -0.920. The van der Waals surface area contributed by atoms with E-state index in [-0.39, 0.29) is 16.4 Å². The first kappa shape index (κ1) is 14.5. The highest BCUT2D eigenvalue weighted by Gasteiger charge is 2.33. The Labute approximate surface area is 114 Å². The molecule has 0 radical (unpaired) electrons. The molecule has 6 nitrogen and oxygen atoms in total. The fourth-order valence-electron chi connectivity index (χ4n) is 2.56. The van der Waals surface area contributed by atoms with Gasteiger partial charge in [0.25, 0.3) is 0 Å². The Bertz CT molecular complexity index is 536. The Morgan fingerprint density at radius 3 is 2.89 bits per heavy atom. The number of nitrogens with one attached hydrogen (secondary N) is 1. The first-order valence-electron chi connectivity index (χ1n) is 6.57. The summed E-state index contributed by atoms with van der Waals surface area (Å²) in [5.41, 5.74) is 5.63. The Balaban J connectivity index is 2.05. The highest BCUT2D eigenvalue weighted by atomic mass is 32.2. The number of hydrogen-bond donors (Lipinski definition) is 2. The molecule has 108 valence electrons. The van der Waals surface area contributed by atoms with Gasteiger partial charge in [0.1, 0.15) is 4.90 Å². The minimum Gasteiger partial charge on any atom is -0.329 e. The van der Waals surface area contributed by atoms with E-state index in [2.05, 4.69) is 23.7 Å². The molecular weight excluding hydrogens is 264 g/mol. The third-order valence-electron chi connectivity index (χ3n) is 3.57. The first-order chi connectivity index (χ1) is 8.82. The average Bonchev–Trinajstić information content (AvgIpc) is 2.86. The molecule has 0 aromatic carbocycles. The topological polar surface area (TPSA) is 90.0 Å². The van der Waals surface area contributed by atoms with Crippen LogP contribution in [0.2, 0.25) is 0 Å². The number of aromatic nitrogens is 2. The van der Waals surface area contributed by atoms with Crippen molar-refractivity contribution in [3.05, 3.63) is 12.4 Å². The molecule has 0 amide bonds. The number of hydrogen-bond acceptors (Lipinski definition) is 4. The van der Waals surface area contributed by atoms with Crippen LogP contribution in [0.15, 0.2) is 17.3 Å². The van der Waals surface area contributed by atoms with Gasteiger partial charge in [0.2, 0.25) is 10.0 Å². The van der Waals surface area contributed by atoms with E-state index in [0.717, 1.165) is 19.3 Å². The van der Waals surface area contributed by atoms with Gasteiger partial charge < -0.3 is 5.73 Å². The Morgan fingerprint density at radius 2 is 2.32 bits per heavy atom. The maximum atomic E-state index is 12.2. The molecule has 0 bridgehead atoms. The largest absolute Gasteiger partial charge is 0.329 e. The van der Waals surface area contributed by atoms with Gasteiger partial charge in [0.05, 0.1) is 12.7 Å². The van der Waals surface area contributed by atoms with Gasteiger partial charge in [0.15, 0.2) is 0 Å². The van der Waals surface area contributed by atoms with Crippen LogP contribution in [0.25, 0.3) is 0 Å². The molecule has 1 heterocycles. The van der Waals surface area contributed by atoms with Crippen molar-refractivity contribution in [2.24, 2.45) is 11.1 Å². The van der Waals surface area contributed by atoms with Gasteiger partial charge in [-0.15, -0.1) is 0 Å². The molecule has 1 aliphatic carbocycles. The van der Waals surface area contributed by atoms with E-state index in [1.165, 1.54) is 12.4 Å². The molecule has 1 aromatic heterocycles. The van der Waals surface area contributed by atoms with E-state index in [9.17, 15) is 8.42 Å². The molecule has 2 rings (SSSR count). The maximum absolute atomic E-state index is 12.2. The molecule has 1 saturated carbocycles. The number of sulfonamides is 1. The van der Waals surface area contributed by atoms with Gasteiger partial charge in [-0.25, -0.2) is 13.1 Å². The van der Waals surface area contributed by atoms with E-state index >= 15 is 0 Å². The molecule has 1 atom stereocenters. The zero-order chi connectivity index (χ0) is 14.1. The summed E-state index contributed by atoms with van der Waals surface area (Å²) in [5, 5.41) is 3.99. The quantitative estimate of drug-likeness (QED) is 0.833. The summed E-state index contributed by atoms with van der Waals surface area (Å²) in [7, 11) is -3.47. The molecule has 0 aliphatic heterocycles. The molecule has 19 heavy (non-hydrogen) atoms. The van der Waals surface area contributed by atoms with Gasteiger partial charge in [-0.1, -0.05) is 13.8 Å². The fourth-order valence-corrected chi connectivity index (χ4v) is 3.78. The van der Waals surface area contributed by atoms with Crippen LogP contribution in [0.1, 0.15) is 33.1 Å². The van der Waals surface area contributed by atoms with Crippen LogP contribution in [-0.4, -0.2) is 30.8 Å². The van der Waals surface area contributed by atoms with Crippen LogP contribution in [0, 0.1) is 5.41 Å². The van der Waals surface area contributed by atoms with E-state index in [4.69, 9.17) is 5.73 Å². The molecule has 1 aromatic rings. The zero-order valence-electron chi connectivity index (χ0n) is 11.5. The van der Waals surface area contributed by atoms with Crippen LogP contribution in [0.5, 0.6) is 0 Å². The lowest BCUT2D eigenvalue weighted by molar-refractivity contribution is 0.372. The van der Waals surface area contributed by atoms with Gasteiger partial charge in [-0.05, 0) is 24.7 Å². The summed E-state index contributed by atoms with van der Waals surface area (Å²) in [4.78, 5) is 0.214. The molecule has 1 aliphatic rings. The smallest absolute Gasteiger partial charge is 0.243 e. The minimum absolute atomic E-state index is 0.0258. The lowest BCUT2D eigenvalue weighted by Crippen LogP contribution is -2.33. The van der Waals surface area contributed by atoms with Gasteiger partial charge in [-0.3, -0.25) is 4.68 Å². The van der Waals surface area contributed by atoms with Gasteiger partial charge in [0, 0.05) is 18.8 Å². The molecule has 7 heteroatoms. The van der Waals surface area contributed by atoms with E-state index < -0.39 is 10.0 Å².